The molecular weight excluding hydrogens is 359 g/mol. The summed E-state index contributed by atoms with van der Waals surface area (Å²) in [4.78, 5) is 19.6. The van der Waals surface area contributed by atoms with E-state index in [1.165, 1.54) is 0 Å². The van der Waals surface area contributed by atoms with Gasteiger partial charge in [0.05, 0.1) is 10.6 Å². The normalized spacial score (nSPS) is 15.6. The zero-order valence-electron chi connectivity index (χ0n) is 13.3. The monoisotopic (exact) mass is 373 g/mol. The number of piperazine rings is 1. The maximum atomic E-state index is 12.7. The molecule has 9 heteroatoms. The molecule has 0 spiro atoms. The number of anilines is 1. The third kappa shape index (κ3) is 3.73. The lowest BCUT2D eigenvalue weighted by Crippen LogP contribution is -2.49. The van der Waals surface area contributed by atoms with Crippen LogP contribution in [0.5, 0.6) is 0 Å². The van der Waals surface area contributed by atoms with Gasteiger partial charge in [-0.15, -0.1) is 0 Å². The molecular formula is C16H15ClF3N3O2. The third-order valence-corrected chi connectivity index (χ3v) is 4.24. The number of aryl methyl sites for hydroxylation is 1. The minimum absolute atomic E-state index is 0.0590. The molecule has 3 heterocycles. The molecule has 1 fully saturated rings. The Morgan fingerprint density at radius 2 is 1.92 bits per heavy atom. The average molecular weight is 374 g/mol. The van der Waals surface area contributed by atoms with Crippen LogP contribution >= 0.6 is 11.6 Å². The number of nitrogens with zero attached hydrogens (tertiary/aromatic N) is 3. The van der Waals surface area contributed by atoms with E-state index in [-0.39, 0.29) is 22.5 Å². The van der Waals surface area contributed by atoms with Gasteiger partial charge in [-0.1, -0.05) is 11.6 Å². The first kappa shape index (κ1) is 17.6. The number of alkyl halides is 3. The fourth-order valence-corrected chi connectivity index (χ4v) is 2.93. The number of furan rings is 1. The number of aromatic nitrogens is 1. The minimum atomic E-state index is -4.48. The van der Waals surface area contributed by atoms with Crippen molar-refractivity contribution in [2.45, 2.75) is 13.1 Å². The van der Waals surface area contributed by atoms with Gasteiger partial charge in [-0.25, -0.2) is 4.98 Å². The Labute approximate surface area is 147 Å². The highest BCUT2D eigenvalue weighted by atomic mass is 35.5. The van der Waals surface area contributed by atoms with Gasteiger partial charge in [0.2, 0.25) is 0 Å². The van der Waals surface area contributed by atoms with Crippen LogP contribution in [0.2, 0.25) is 5.02 Å². The first-order valence-corrected chi connectivity index (χ1v) is 7.97. The number of carbonyl (C=O) groups is 1. The Kier molecular flexibility index (Phi) is 4.64. The predicted molar refractivity (Wildman–Crippen MR) is 85.8 cm³/mol. The summed E-state index contributed by atoms with van der Waals surface area (Å²) in [6.45, 7) is 3.40. The van der Waals surface area contributed by atoms with Crippen molar-refractivity contribution in [1.82, 2.24) is 9.88 Å². The van der Waals surface area contributed by atoms with Gasteiger partial charge in [-0.2, -0.15) is 13.2 Å². The van der Waals surface area contributed by atoms with Crippen molar-refractivity contribution in [3.8, 4) is 0 Å². The molecule has 3 rings (SSSR count). The number of rotatable bonds is 2. The molecule has 134 valence electrons. The first-order valence-electron chi connectivity index (χ1n) is 7.59. The molecule has 0 N–H and O–H groups in total. The molecule has 2 aromatic heterocycles. The summed E-state index contributed by atoms with van der Waals surface area (Å²) in [5.74, 6) is 1.01. The van der Waals surface area contributed by atoms with Gasteiger partial charge in [0.1, 0.15) is 11.6 Å². The molecule has 0 radical (unpaired) electrons. The Morgan fingerprint density at radius 3 is 2.44 bits per heavy atom. The lowest BCUT2D eigenvalue weighted by molar-refractivity contribution is -0.137. The van der Waals surface area contributed by atoms with Crippen LogP contribution in [-0.2, 0) is 6.18 Å². The van der Waals surface area contributed by atoms with Crippen molar-refractivity contribution in [1.29, 1.82) is 0 Å². The number of amides is 1. The summed E-state index contributed by atoms with van der Waals surface area (Å²) in [5, 5.41) is -0.0590. The van der Waals surface area contributed by atoms with Crippen LogP contribution in [0.1, 0.15) is 21.9 Å². The molecule has 2 aromatic rings. The van der Waals surface area contributed by atoms with Crippen LogP contribution in [-0.4, -0.2) is 42.0 Å². The second-order valence-electron chi connectivity index (χ2n) is 5.72. The Morgan fingerprint density at radius 1 is 1.24 bits per heavy atom. The molecule has 0 bridgehead atoms. The SMILES string of the molecule is Cc1ccc(C(=O)N2CCN(c3ncc(C(F)(F)F)cc3Cl)CC2)o1. The second kappa shape index (κ2) is 6.59. The first-order chi connectivity index (χ1) is 11.8. The van der Waals surface area contributed by atoms with E-state index in [4.69, 9.17) is 16.0 Å². The van der Waals surface area contributed by atoms with Crippen LogP contribution in [0.3, 0.4) is 0 Å². The topological polar surface area (TPSA) is 49.6 Å². The smallest absolute Gasteiger partial charge is 0.417 e. The zero-order chi connectivity index (χ0) is 18.2. The zero-order valence-corrected chi connectivity index (χ0v) is 14.1. The molecule has 1 aliphatic rings. The van der Waals surface area contributed by atoms with Gasteiger partial charge >= 0.3 is 6.18 Å². The van der Waals surface area contributed by atoms with E-state index in [9.17, 15) is 18.0 Å². The summed E-state index contributed by atoms with van der Waals surface area (Å²) in [6.07, 6.45) is -3.72. The summed E-state index contributed by atoms with van der Waals surface area (Å²) in [6, 6.07) is 4.21. The van der Waals surface area contributed by atoms with Gasteiger partial charge in [0.25, 0.3) is 5.91 Å². The van der Waals surface area contributed by atoms with Gasteiger partial charge < -0.3 is 14.2 Å². The maximum absolute atomic E-state index is 12.7. The Hall–Kier alpha value is -2.22. The van der Waals surface area contributed by atoms with E-state index in [0.29, 0.717) is 31.9 Å². The number of pyridine rings is 1. The highest BCUT2D eigenvalue weighted by Gasteiger charge is 2.32. The lowest BCUT2D eigenvalue weighted by Gasteiger charge is -2.35. The predicted octanol–water partition coefficient (Wildman–Crippen LogP) is 3.62. The fraction of sp³-hybridized carbons (Fsp3) is 0.375. The fourth-order valence-electron chi connectivity index (χ4n) is 2.65. The lowest BCUT2D eigenvalue weighted by atomic mass is 10.2. The van der Waals surface area contributed by atoms with Gasteiger partial charge in [-0.05, 0) is 25.1 Å². The molecule has 5 nitrogen and oxygen atoms in total. The number of halogens is 4. The summed E-state index contributed by atoms with van der Waals surface area (Å²) >= 11 is 5.97. The van der Waals surface area contributed by atoms with Crippen molar-refractivity contribution in [3.63, 3.8) is 0 Å². The maximum Gasteiger partial charge on any atom is 0.417 e. The Balaban J connectivity index is 1.67. The molecule has 0 atom stereocenters. The molecule has 0 saturated carbocycles. The molecule has 0 aromatic carbocycles. The number of hydrogen-bond donors (Lipinski definition) is 0. The largest absolute Gasteiger partial charge is 0.456 e. The van der Waals surface area contributed by atoms with Crippen molar-refractivity contribution in [3.05, 3.63) is 46.5 Å². The summed E-state index contributed by atoms with van der Waals surface area (Å²) in [5.41, 5.74) is -0.886. The van der Waals surface area contributed by atoms with Crippen molar-refractivity contribution in [2.24, 2.45) is 0 Å². The molecule has 0 aliphatic carbocycles. The summed E-state index contributed by atoms with van der Waals surface area (Å²) in [7, 11) is 0. The van der Waals surface area contributed by atoms with Crippen molar-refractivity contribution < 1.29 is 22.4 Å². The molecule has 1 amide bonds. The van der Waals surface area contributed by atoms with E-state index in [0.717, 1.165) is 12.3 Å². The van der Waals surface area contributed by atoms with Crippen LogP contribution in [0.25, 0.3) is 0 Å². The van der Waals surface area contributed by atoms with E-state index in [1.807, 2.05) is 0 Å². The van der Waals surface area contributed by atoms with Gasteiger partial charge in [-0.3, -0.25) is 4.79 Å². The molecule has 0 unspecified atom stereocenters. The number of hydrogen-bond acceptors (Lipinski definition) is 4. The van der Waals surface area contributed by atoms with Crippen LogP contribution < -0.4 is 4.90 Å². The average Bonchev–Trinajstić information content (AvgIpc) is 3.00. The van der Waals surface area contributed by atoms with E-state index < -0.39 is 11.7 Å². The van der Waals surface area contributed by atoms with Crippen LogP contribution in [0.15, 0.2) is 28.8 Å². The minimum Gasteiger partial charge on any atom is -0.456 e. The van der Waals surface area contributed by atoms with E-state index in [1.54, 1.807) is 28.9 Å². The molecule has 25 heavy (non-hydrogen) atoms. The van der Waals surface area contributed by atoms with Crippen LogP contribution in [0, 0.1) is 6.92 Å². The van der Waals surface area contributed by atoms with Gasteiger partial charge in [0.15, 0.2) is 5.76 Å². The van der Waals surface area contributed by atoms with E-state index in [2.05, 4.69) is 4.98 Å². The Bertz CT molecular complexity index is 783. The third-order valence-electron chi connectivity index (χ3n) is 3.97. The second-order valence-corrected chi connectivity index (χ2v) is 6.12. The van der Waals surface area contributed by atoms with Crippen LogP contribution in [0.4, 0.5) is 19.0 Å². The standard InChI is InChI=1S/C16H15ClF3N3O2/c1-10-2-3-13(25-10)15(24)23-6-4-22(5-7-23)14-12(17)8-11(9-21-14)16(18,19)20/h2-3,8-9H,4-7H2,1H3. The van der Waals surface area contributed by atoms with Crippen molar-refractivity contribution in [2.75, 3.05) is 31.1 Å². The highest BCUT2D eigenvalue weighted by Crippen LogP contribution is 2.33. The molecule has 1 aliphatic heterocycles. The molecule has 1 saturated heterocycles. The quantitative estimate of drug-likeness (QED) is 0.806. The van der Waals surface area contributed by atoms with Crippen molar-refractivity contribution >= 4 is 23.3 Å². The summed E-state index contributed by atoms with van der Waals surface area (Å²) < 4.78 is 43.4. The van der Waals surface area contributed by atoms with E-state index >= 15 is 0 Å². The van der Waals surface area contributed by atoms with Gasteiger partial charge in [0, 0.05) is 32.4 Å². The number of carbonyl (C=O) groups excluding carboxylic acids is 1. The highest BCUT2D eigenvalue weighted by molar-refractivity contribution is 6.33.